The van der Waals surface area contributed by atoms with Crippen LogP contribution in [0.2, 0.25) is 0 Å². The van der Waals surface area contributed by atoms with Crippen LogP contribution in [0, 0.1) is 0 Å². The van der Waals surface area contributed by atoms with E-state index in [1.165, 1.54) is 22.3 Å². The molecular weight excluding hydrogens is 1120 g/mol. The Morgan fingerprint density at radius 2 is 0.609 bits per heavy atom. The molecule has 434 valence electrons. The summed E-state index contributed by atoms with van der Waals surface area (Å²) in [7, 11) is 0. The van der Waals surface area contributed by atoms with E-state index in [-0.39, 0.29) is 5.41 Å². The lowest BCUT2D eigenvalue weighted by molar-refractivity contribution is 0.661. The second-order valence-electron chi connectivity index (χ2n) is 24.4. The number of nitrogens with zero attached hydrogens (tertiary/aromatic N) is 6. The van der Waals surface area contributed by atoms with Crippen molar-refractivity contribution in [1.82, 2.24) is 15.0 Å². The van der Waals surface area contributed by atoms with Crippen molar-refractivity contribution in [3.8, 4) is 44.5 Å². The quantitative estimate of drug-likeness (QED) is 0.0897. The van der Waals surface area contributed by atoms with E-state index in [0.717, 1.165) is 139 Å². The molecule has 6 heteroatoms. The first kappa shape index (κ1) is 54.2. The third-order valence-corrected chi connectivity index (χ3v) is 18.6. The molecule has 17 rings (SSSR count). The second kappa shape index (κ2) is 22.2. The van der Waals surface area contributed by atoms with E-state index in [2.05, 4.69) is 320 Å². The Morgan fingerprint density at radius 1 is 0.239 bits per heavy atom. The minimum atomic E-state index is -0.331. The first-order valence-electron chi connectivity index (χ1n) is 31.5. The highest BCUT2D eigenvalue weighted by atomic mass is 15.2. The van der Waals surface area contributed by atoms with Crippen LogP contribution in [0.15, 0.2) is 328 Å². The molecule has 0 saturated carbocycles. The minimum absolute atomic E-state index is 0.331. The summed E-state index contributed by atoms with van der Waals surface area (Å²) in [6.07, 6.45) is 5.63. The van der Waals surface area contributed by atoms with Gasteiger partial charge in [-0.05, 0) is 189 Å². The highest BCUT2D eigenvalue weighted by Gasteiger charge is 2.38. The van der Waals surface area contributed by atoms with Gasteiger partial charge in [0.15, 0.2) is 0 Å². The number of anilines is 9. The van der Waals surface area contributed by atoms with Crippen LogP contribution < -0.4 is 14.7 Å². The summed E-state index contributed by atoms with van der Waals surface area (Å²) < 4.78 is 0. The van der Waals surface area contributed by atoms with E-state index in [1.807, 2.05) is 36.8 Å². The zero-order valence-electron chi connectivity index (χ0n) is 50.9. The normalized spacial score (nSPS) is 12.3. The SMILES string of the molecule is CC1(C)c2ccccc2-c2cc3c(N(c4cccc(-c5ccccc5)c4)c4ccc5ncccc5c4)c4cc(N(c5cccc(-c6ccccc6)c5)c5ccc6ncccc6c5)ccc4c(N(c4cccc(-c5ccccc5)c4)c4ccc5ncccc5c4)c3cc21. The highest BCUT2D eigenvalue weighted by molar-refractivity contribution is 6.25. The van der Waals surface area contributed by atoms with Crippen molar-refractivity contribution >= 4 is 105 Å². The van der Waals surface area contributed by atoms with Gasteiger partial charge in [-0.2, -0.15) is 0 Å². The molecule has 1 aliphatic rings. The van der Waals surface area contributed by atoms with Crippen LogP contribution in [0.5, 0.6) is 0 Å². The van der Waals surface area contributed by atoms with Crippen molar-refractivity contribution in [3.63, 3.8) is 0 Å². The number of aromatic nitrogens is 3. The van der Waals surface area contributed by atoms with Crippen LogP contribution in [0.25, 0.3) is 98.8 Å². The fourth-order valence-electron chi connectivity index (χ4n) is 14.2. The molecular formula is C86H60N6. The molecule has 0 radical (unpaired) electrons. The molecule has 0 N–H and O–H groups in total. The van der Waals surface area contributed by atoms with Crippen LogP contribution in [0.1, 0.15) is 25.0 Å². The molecule has 0 atom stereocenters. The summed E-state index contributed by atoms with van der Waals surface area (Å²) in [5.41, 5.74) is 23.5. The van der Waals surface area contributed by atoms with Gasteiger partial charge in [0.05, 0.1) is 27.9 Å². The van der Waals surface area contributed by atoms with E-state index in [0.29, 0.717) is 0 Å². The molecule has 0 saturated heterocycles. The van der Waals surface area contributed by atoms with E-state index >= 15 is 0 Å². The fourth-order valence-corrected chi connectivity index (χ4v) is 14.2. The van der Waals surface area contributed by atoms with Crippen LogP contribution in [-0.4, -0.2) is 15.0 Å². The number of benzene rings is 13. The number of hydrogen-bond acceptors (Lipinski definition) is 6. The van der Waals surface area contributed by atoms with E-state index in [1.54, 1.807) is 0 Å². The average Bonchev–Trinajstić information content (AvgIpc) is 1.32. The van der Waals surface area contributed by atoms with Crippen LogP contribution in [0.3, 0.4) is 0 Å². The zero-order valence-corrected chi connectivity index (χ0v) is 50.9. The predicted molar refractivity (Wildman–Crippen MR) is 385 cm³/mol. The number of pyridine rings is 3. The lowest BCUT2D eigenvalue weighted by Crippen LogP contribution is -2.17. The Bertz CT molecular complexity index is 5530. The maximum atomic E-state index is 4.88. The average molecular weight is 1180 g/mol. The van der Waals surface area contributed by atoms with Gasteiger partial charge in [-0.15, -0.1) is 0 Å². The Kier molecular flexibility index (Phi) is 13.1. The summed E-state index contributed by atoms with van der Waals surface area (Å²) in [5.74, 6) is 0. The van der Waals surface area contributed by atoms with E-state index < -0.39 is 0 Å². The topological polar surface area (TPSA) is 48.4 Å². The van der Waals surface area contributed by atoms with E-state index in [9.17, 15) is 0 Å². The second-order valence-corrected chi connectivity index (χ2v) is 24.4. The Balaban J connectivity index is 1.05. The summed E-state index contributed by atoms with van der Waals surface area (Å²) in [4.78, 5) is 22.0. The molecule has 0 amide bonds. The highest BCUT2D eigenvalue weighted by Crippen LogP contribution is 2.58. The standard InChI is InChI=1S/C86H60N6/c1-86(2)79-36-13-12-35-73(79)75-55-77-78(56-80(75)86)84(91(70-39-43-82-64(52-70)30-18-46-88-82)67-33-15-27-61(49-67)58-22-8-4-9-23-58)74-41-37-72(90(69-38-42-81-63(51-69)29-17-45-87-81)66-32-14-26-60(48-66)57-20-6-3-7-21-57)54-76(74)85(77)92(71-40-44-83-65(53-71)31-19-47-89-83)68-34-16-28-62(50-68)59-24-10-5-11-25-59/h3-56H,1-2H3. The maximum Gasteiger partial charge on any atom is 0.0703 e. The number of rotatable bonds is 12. The first-order valence-corrected chi connectivity index (χ1v) is 31.5. The molecule has 3 heterocycles. The summed E-state index contributed by atoms with van der Waals surface area (Å²) in [6.45, 7) is 4.78. The van der Waals surface area contributed by atoms with Crippen molar-refractivity contribution in [2.45, 2.75) is 19.3 Å². The third kappa shape index (κ3) is 9.39. The lowest BCUT2D eigenvalue weighted by Gasteiger charge is -2.34. The zero-order chi connectivity index (χ0) is 61.3. The lowest BCUT2D eigenvalue weighted by atomic mass is 9.81. The van der Waals surface area contributed by atoms with Crippen LogP contribution in [0.4, 0.5) is 51.2 Å². The van der Waals surface area contributed by atoms with Gasteiger partial charge >= 0.3 is 0 Å². The van der Waals surface area contributed by atoms with Gasteiger partial charge in [0.1, 0.15) is 0 Å². The van der Waals surface area contributed by atoms with Crippen molar-refractivity contribution in [2.24, 2.45) is 0 Å². The first-order chi connectivity index (χ1) is 45.4. The molecule has 92 heavy (non-hydrogen) atoms. The monoisotopic (exact) mass is 1180 g/mol. The Morgan fingerprint density at radius 3 is 1.10 bits per heavy atom. The fraction of sp³-hybridized carbons (Fsp3) is 0.0349. The summed E-state index contributed by atoms with van der Waals surface area (Å²) in [6, 6.07) is 113. The van der Waals surface area contributed by atoms with Gasteiger partial charge in [-0.1, -0.05) is 190 Å². The number of fused-ring (bicyclic) bond motifs is 8. The van der Waals surface area contributed by atoms with Crippen molar-refractivity contribution < 1.29 is 0 Å². The van der Waals surface area contributed by atoms with Gasteiger partial charge in [0.25, 0.3) is 0 Å². The van der Waals surface area contributed by atoms with Gasteiger partial charge in [-0.3, -0.25) is 15.0 Å². The molecule has 0 aliphatic heterocycles. The predicted octanol–water partition coefficient (Wildman–Crippen LogP) is 23.4. The van der Waals surface area contributed by atoms with Crippen molar-refractivity contribution in [2.75, 3.05) is 14.7 Å². The van der Waals surface area contributed by atoms with Gasteiger partial charge in [0, 0.05) is 102 Å². The Hall–Kier alpha value is -12.0. The van der Waals surface area contributed by atoms with E-state index in [4.69, 9.17) is 15.0 Å². The molecule has 0 bridgehead atoms. The van der Waals surface area contributed by atoms with Gasteiger partial charge in [-0.25, -0.2) is 0 Å². The molecule has 0 fully saturated rings. The van der Waals surface area contributed by atoms with Crippen molar-refractivity contribution in [3.05, 3.63) is 339 Å². The van der Waals surface area contributed by atoms with Crippen LogP contribution >= 0.6 is 0 Å². The van der Waals surface area contributed by atoms with Crippen molar-refractivity contribution in [1.29, 1.82) is 0 Å². The number of hydrogen-bond donors (Lipinski definition) is 0. The Labute approximate surface area is 534 Å². The maximum absolute atomic E-state index is 4.88. The third-order valence-electron chi connectivity index (χ3n) is 18.6. The molecule has 0 spiro atoms. The van der Waals surface area contributed by atoms with Gasteiger partial charge in [0.2, 0.25) is 0 Å². The molecule has 3 aromatic heterocycles. The molecule has 0 unspecified atom stereocenters. The molecule has 13 aromatic carbocycles. The van der Waals surface area contributed by atoms with Crippen LogP contribution in [-0.2, 0) is 5.41 Å². The van der Waals surface area contributed by atoms with Gasteiger partial charge < -0.3 is 14.7 Å². The smallest absolute Gasteiger partial charge is 0.0703 e. The molecule has 1 aliphatic carbocycles. The summed E-state index contributed by atoms with van der Waals surface area (Å²) in [5, 5.41) is 7.45. The molecule has 16 aromatic rings. The minimum Gasteiger partial charge on any atom is -0.310 e. The summed E-state index contributed by atoms with van der Waals surface area (Å²) >= 11 is 0. The molecule has 6 nitrogen and oxygen atoms in total. The largest absolute Gasteiger partial charge is 0.310 e.